The Hall–Kier alpha value is -1.00. The van der Waals surface area contributed by atoms with E-state index in [-0.39, 0.29) is 11.9 Å². The first kappa shape index (κ1) is 9.55. The molecule has 1 atom stereocenters. The van der Waals surface area contributed by atoms with Crippen molar-refractivity contribution >= 4 is 0 Å². The van der Waals surface area contributed by atoms with Gasteiger partial charge in [0.25, 0.3) is 0 Å². The molecule has 3 nitrogen and oxygen atoms in total. The second kappa shape index (κ2) is 4.48. The van der Waals surface area contributed by atoms with Gasteiger partial charge in [0.05, 0.1) is 18.9 Å². The third kappa shape index (κ3) is 2.49. The number of ether oxygens (including phenoxy) is 1. The zero-order valence-corrected chi connectivity index (χ0v) is 7.87. The number of rotatable bonds is 2. The highest BCUT2D eigenvalue weighted by Crippen LogP contribution is 2.07. The first-order valence-corrected chi connectivity index (χ1v) is 4.76. The Labute approximate surface area is 82.3 Å². The van der Waals surface area contributed by atoms with Gasteiger partial charge in [-0.1, -0.05) is 0 Å². The first-order chi connectivity index (χ1) is 6.84. The van der Waals surface area contributed by atoms with Crippen LogP contribution in [0.25, 0.3) is 0 Å². The van der Waals surface area contributed by atoms with Gasteiger partial charge < -0.3 is 10.1 Å². The van der Waals surface area contributed by atoms with Crippen molar-refractivity contribution < 1.29 is 9.13 Å². The van der Waals surface area contributed by atoms with Crippen molar-refractivity contribution in [2.45, 2.75) is 12.5 Å². The third-order valence-corrected chi connectivity index (χ3v) is 2.23. The van der Waals surface area contributed by atoms with Gasteiger partial charge in [-0.15, -0.1) is 0 Å². The Kier molecular flexibility index (Phi) is 3.06. The van der Waals surface area contributed by atoms with Crippen LogP contribution in [0.3, 0.4) is 0 Å². The van der Waals surface area contributed by atoms with Crippen molar-refractivity contribution in [3.05, 3.63) is 29.8 Å². The minimum atomic E-state index is -0.286. The van der Waals surface area contributed by atoms with Gasteiger partial charge in [0.2, 0.25) is 0 Å². The smallest absolute Gasteiger partial charge is 0.141 e. The van der Waals surface area contributed by atoms with E-state index in [9.17, 15) is 4.39 Å². The molecule has 14 heavy (non-hydrogen) atoms. The average molecular weight is 196 g/mol. The molecule has 0 spiro atoms. The van der Waals surface area contributed by atoms with Crippen molar-refractivity contribution in [3.63, 3.8) is 0 Å². The van der Waals surface area contributed by atoms with Crippen molar-refractivity contribution in [2.75, 3.05) is 19.7 Å². The molecule has 1 aromatic rings. The predicted octanol–water partition coefficient (Wildman–Crippen LogP) is 0.752. The molecule has 0 bridgehead atoms. The highest BCUT2D eigenvalue weighted by atomic mass is 19.1. The monoisotopic (exact) mass is 196 g/mol. The minimum absolute atomic E-state index is 0.146. The highest BCUT2D eigenvalue weighted by Gasteiger charge is 2.13. The lowest BCUT2D eigenvalue weighted by Gasteiger charge is -2.23. The Morgan fingerprint density at radius 1 is 1.57 bits per heavy atom. The van der Waals surface area contributed by atoms with E-state index in [1.165, 1.54) is 12.3 Å². The maximum Gasteiger partial charge on any atom is 0.141 e. The molecule has 0 saturated carbocycles. The maximum atomic E-state index is 12.8. The van der Waals surface area contributed by atoms with Gasteiger partial charge in [-0.05, 0) is 11.6 Å². The van der Waals surface area contributed by atoms with E-state index >= 15 is 0 Å². The molecule has 1 aliphatic heterocycles. The van der Waals surface area contributed by atoms with E-state index in [4.69, 9.17) is 4.74 Å². The summed E-state index contributed by atoms with van der Waals surface area (Å²) in [5.41, 5.74) is 0.888. The van der Waals surface area contributed by atoms with E-state index < -0.39 is 0 Å². The fraction of sp³-hybridized carbons (Fsp3) is 0.500. The largest absolute Gasteiger partial charge is 0.375 e. The first-order valence-electron chi connectivity index (χ1n) is 4.76. The summed E-state index contributed by atoms with van der Waals surface area (Å²) >= 11 is 0. The van der Waals surface area contributed by atoms with Crippen LogP contribution in [0.5, 0.6) is 0 Å². The van der Waals surface area contributed by atoms with Crippen LogP contribution in [0.1, 0.15) is 5.56 Å². The molecular formula is C10H13FN2O. The lowest BCUT2D eigenvalue weighted by atomic mass is 10.1. The van der Waals surface area contributed by atoms with Crippen LogP contribution in [0, 0.1) is 5.82 Å². The molecule has 0 amide bonds. The van der Waals surface area contributed by atoms with E-state index in [2.05, 4.69) is 10.3 Å². The van der Waals surface area contributed by atoms with Crippen molar-refractivity contribution in [1.82, 2.24) is 10.3 Å². The van der Waals surface area contributed by atoms with E-state index in [0.717, 1.165) is 31.7 Å². The summed E-state index contributed by atoms with van der Waals surface area (Å²) in [6, 6.07) is 1.50. The molecule has 0 radical (unpaired) electrons. The Bertz CT molecular complexity index is 300. The van der Waals surface area contributed by atoms with Crippen LogP contribution in [0.4, 0.5) is 4.39 Å². The van der Waals surface area contributed by atoms with Crippen LogP contribution in [0.2, 0.25) is 0 Å². The lowest BCUT2D eigenvalue weighted by Crippen LogP contribution is -2.39. The molecule has 1 saturated heterocycles. The molecule has 0 aromatic carbocycles. The summed E-state index contributed by atoms with van der Waals surface area (Å²) in [5.74, 6) is -0.286. The van der Waals surface area contributed by atoms with E-state index in [0.29, 0.717) is 0 Å². The summed E-state index contributed by atoms with van der Waals surface area (Å²) < 4.78 is 18.3. The van der Waals surface area contributed by atoms with E-state index in [1.54, 1.807) is 6.20 Å². The number of halogens is 1. The van der Waals surface area contributed by atoms with Gasteiger partial charge in [-0.3, -0.25) is 4.98 Å². The van der Waals surface area contributed by atoms with Crippen LogP contribution in [0.15, 0.2) is 18.5 Å². The van der Waals surface area contributed by atoms with Gasteiger partial charge in [-0.2, -0.15) is 0 Å². The van der Waals surface area contributed by atoms with Crippen LogP contribution >= 0.6 is 0 Å². The van der Waals surface area contributed by atoms with Gasteiger partial charge in [0.15, 0.2) is 0 Å². The summed E-state index contributed by atoms with van der Waals surface area (Å²) in [6.07, 6.45) is 3.76. The number of nitrogens with zero attached hydrogens (tertiary/aromatic N) is 1. The van der Waals surface area contributed by atoms with Crippen LogP contribution in [-0.2, 0) is 11.2 Å². The fourth-order valence-electron chi connectivity index (χ4n) is 1.58. The SMILES string of the molecule is Fc1cncc(CC2CNCCO2)c1. The van der Waals surface area contributed by atoms with Crippen LogP contribution < -0.4 is 5.32 Å². The Balaban J connectivity index is 1.95. The third-order valence-electron chi connectivity index (χ3n) is 2.23. The van der Waals surface area contributed by atoms with Crippen molar-refractivity contribution in [1.29, 1.82) is 0 Å². The molecular weight excluding hydrogens is 183 g/mol. The Morgan fingerprint density at radius 3 is 3.21 bits per heavy atom. The molecule has 1 unspecified atom stereocenters. The molecule has 1 N–H and O–H groups in total. The van der Waals surface area contributed by atoms with Gasteiger partial charge in [0.1, 0.15) is 5.82 Å². The quantitative estimate of drug-likeness (QED) is 0.758. The number of nitrogens with one attached hydrogen (secondary N) is 1. The average Bonchev–Trinajstić information content (AvgIpc) is 2.19. The van der Waals surface area contributed by atoms with Crippen molar-refractivity contribution in [2.24, 2.45) is 0 Å². The summed E-state index contributed by atoms with van der Waals surface area (Å²) in [6.45, 7) is 2.46. The number of pyridine rings is 1. The summed E-state index contributed by atoms with van der Waals surface area (Å²) in [7, 11) is 0. The maximum absolute atomic E-state index is 12.8. The molecule has 1 fully saturated rings. The zero-order chi connectivity index (χ0) is 9.80. The number of hydrogen-bond donors (Lipinski definition) is 1. The summed E-state index contributed by atoms with van der Waals surface area (Å²) in [5, 5.41) is 3.23. The number of hydrogen-bond acceptors (Lipinski definition) is 3. The van der Waals surface area contributed by atoms with Gasteiger partial charge in [-0.25, -0.2) is 4.39 Å². The predicted molar refractivity (Wildman–Crippen MR) is 50.5 cm³/mol. The topological polar surface area (TPSA) is 34.2 Å². The van der Waals surface area contributed by atoms with Gasteiger partial charge in [0, 0.05) is 25.7 Å². The van der Waals surface area contributed by atoms with Crippen LogP contribution in [-0.4, -0.2) is 30.8 Å². The second-order valence-electron chi connectivity index (χ2n) is 3.41. The van der Waals surface area contributed by atoms with Crippen molar-refractivity contribution in [3.8, 4) is 0 Å². The molecule has 2 rings (SSSR count). The van der Waals surface area contributed by atoms with E-state index in [1.807, 2.05) is 0 Å². The molecule has 1 aromatic heterocycles. The number of aromatic nitrogens is 1. The fourth-order valence-corrected chi connectivity index (χ4v) is 1.58. The Morgan fingerprint density at radius 2 is 2.50 bits per heavy atom. The number of morpholine rings is 1. The standard InChI is InChI=1S/C10H13FN2O/c11-9-3-8(5-13-6-9)4-10-7-12-1-2-14-10/h3,5-6,10,12H,1-2,4,7H2. The van der Waals surface area contributed by atoms with Gasteiger partial charge >= 0.3 is 0 Å². The zero-order valence-electron chi connectivity index (χ0n) is 7.87. The molecule has 2 heterocycles. The molecule has 0 aliphatic carbocycles. The minimum Gasteiger partial charge on any atom is -0.375 e. The summed E-state index contributed by atoms with van der Waals surface area (Å²) in [4.78, 5) is 3.80. The molecule has 76 valence electrons. The molecule has 1 aliphatic rings. The molecule has 4 heteroatoms. The second-order valence-corrected chi connectivity index (χ2v) is 3.41. The normalized spacial score (nSPS) is 22.2. The highest BCUT2D eigenvalue weighted by molar-refractivity contribution is 5.11. The lowest BCUT2D eigenvalue weighted by molar-refractivity contribution is 0.0291.